The number of hydrogen-bond donors (Lipinski definition) is 1. The first-order chi connectivity index (χ1) is 12.4. The van der Waals surface area contributed by atoms with E-state index < -0.39 is 9.84 Å². The molecule has 1 aromatic carbocycles. The third-order valence-electron chi connectivity index (χ3n) is 4.63. The SMILES string of the molecule is CCCS(=O)(=O)c1ccccc1SC(C)C(=O)N1CCCC(CNC)C1.Cl. The highest BCUT2D eigenvalue weighted by Crippen LogP contribution is 2.32. The van der Waals surface area contributed by atoms with Crippen LogP contribution in [0, 0.1) is 5.92 Å². The third kappa shape index (κ3) is 6.66. The van der Waals surface area contributed by atoms with Gasteiger partial charge < -0.3 is 10.2 Å². The zero-order valence-electron chi connectivity index (χ0n) is 16.3. The normalized spacial score (nSPS) is 18.6. The highest BCUT2D eigenvalue weighted by Gasteiger charge is 2.28. The fourth-order valence-electron chi connectivity index (χ4n) is 3.40. The minimum Gasteiger partial charge on any atom is -0.341 e. The zero-order chi connectivity index (χ0) is 19.2. The number of hydrogen-bond acceptors (Lipinski definition) is 5. The van der Waals surface area contributed by atoms with E-state index in [0.29, 0.717) is 22.1 Å². The molecule has 2 unspecified atom stereocenters. The van der Waals surface area contributed by atoms with Crippen LogP contribution in [0.2, 0.25) is 0 Å². The van der Waals surface area contributed by atoms with E-state index in [2.05, 4.69) is 5.32 Å². The van der Waals surface area contributed by atoms with Crippen molar-refractivity contribution < 1.29 is 13.2 Å². The summed E-state index contributed by atoms with van der Waals surface area (Å²) in [5.74, 6) is 0.718. The van der Waals surface area contributed by atoms with Gasteiger partial charge in [-0.3, -0.25) is 4.79 Å². The third-order valence-corrected chi connectivity index (χ3v) is 7.90. The molecule has 0 aliphatic carbocycles. The van der Waals surface area contributed by atoms with Gasteiger partial charge in [0.15, 0.2) is 9.84 Å². The molecule has 1 aliphatic heterocycles. The van der Waals surface area contributed by atoms with Crippen LogP contribution in [0.15, 0.2) is 34.1 Å². The van der Waals surface area contributed by atoms with E-state index in [-0.39, 0.29) is 29.3 Å². The van der Waals surface area contributed by atoms with E-state index in [4.69, 9.17) is 0 Å². The Bertz CT molecular complexity index is 711. The van der Waals surface area contributed by atoms with Crippen LogP contribution in [-0.4, -0.2) is 56.9 Å². The largest absolute Gasteiger partial charge is 0.341 e. The second-order valence-corrected chi connectivity index (χ2v) is 10.3. The summed E-state index contributed by atoms with van der Waals surface area (Å²) in [5.41, 5.74) is 0. The summed E-state index contributed by atoms with van der Waals surface area (Å²) in [7, 11) is -1.37. The molecule has 8 heteroatoms. The number of amides is 1. The second-order valence-electron chi connectivity index (χ2n) is 6.88. The molecule has 0 bridgehead atoms. The van der Waals surface area contributed by atoms with E-state index in [1.807, 2.05) is 31.9 Å². The average molecular weight is 435 g/mol. The lowest BCUT2D eigenvalue weighted by Crippen LogP contribution is -2.45. The molecule has 1 fully saturated rings. The van der Waals surface area contributed by atoms with Crippen molar-refractivity contribution in [1.29, 1.82) is 0 Å². The van der Waals surface area contributed by atoms with Crippen LogP contribution in [-0.2, 0) is 14.6 Å². The van der Waals surface area contributed by atoms with Gasteiger partial charge in [-0.2, -0.15) is 0 Å². The van der Waals surface area contributed by atoms with Gasteiger partial charge in [0.25, 0.3) is 0 Å². The van der Waals surface area contributed by atoms with Gasteiger partial charge in [-0.15, -0.1) is 24.2 Å². The Kier molecular flexibility index (Phi) is 10.2. The fourth-order valence-corrected chi connectivity index (χ4v) is 6.32. The molecule has 154 valence electrons. The number of halogens is 1. The van der Waals surface area contributed by atoms with E-state index in [0.717, 1.165) is 32.5 Å². The highest BCUT2D eigenvalue weighted by molar-refractivity contribution is 8.01. The number of nitrogens with one attached hydrogen (secondary N) is 1. The molecule has 0 spiro atoms. The van der Waals surface area contributed by atoms with Crippen molar-refractivity contribution >= 4 is 39.9 Å². The van der Waals surface area contributed by atoms with Crippen molar-refractivity contribution in [2.45, 2.75) is 48.2 Å². The van der Waals surface area contributed by atoms with Crippen LogP contribution >= 0.6 is 24.2 Å². The summed E-state index contributed by atoms with van der Waals surface area (Å²) < 4.78 is 25.0. The summed E-state index contributed by atoms with van der Waals surface area (Å²) in [4.78, 5) is 15.8. The number of likely N-dealkylation sites (tertiary alicyclic amines) is 1. The first-order valence-electron chi connectivity index (χ1n) is 9.30. The molecule has 5 nitrogen and oxygen atoms in total. The number of carbonyl (C=O) groups is 1. The van der Waals surface area contributed by atoms with Gasteiger partial charge in [0.05, 0.1) is 15.9 Å². The minimum absolute atomic E-state index is 0. The Morgan fingerprint density at radius 3 is 2.74 bits per heavy atom. The van der Waals surface area contributed by atoms with Crippen molar-refractivity contribution in [3.63, 3.8) is 0 Å². The highest BCUT2D eigenvalue weighted by atomic mass is 35.5. The van der Waals surface area contributed by atoms with Crippen LogP contribution in [0.1, 0.15) is 33.1 Å². The van der Waals surface area contributed by atoms with Gasteiger partial charge in [-0.05, 0) is 57.8 Å². The molecule has 1 heterocycles. The van der Waals surface area contributed by atoms with Crippen LogP contribution in [0.25, 0.3) is 0 Å². The summed E-state index contributed by atoms with van der Waals surface area (Å²) in [6, 6.07) is 7.02. The summed E-state index contributed by atoms with van der Waals surface area (Å²) in [6.45, 7) is 6.22. The standard InChI is InChI=1S/C19H30N2O3S2.ClH/c1-4-12-26(23,24)18-10-6-5-9-17(18)25-15(2)19(22)21-11-7-8-16(14-21)13-20-3;/h5-6,9-10,15-16,20H,4,7-8,11-14H2,1-3H3;1H. The fraction of sp³-hybridized carbons (Fsp3) is 0.632. The summed E-state index contributed by atoms with van der Waals surface area (Å²) in [5, 5.41) is 2.89. The molecule has 0 aromatic heterocycles. The number of sulfone groups is 1. The first kappa shape index (κ1) is 24.3. The zero-order valence-corrected chi connectivity index (χ0v) is 18.8. The molecule has 1 saturated heterocycles. The van der Waals surface area contributed by atoms with Crippen LogP contribution in [0.5, 0.6) is 0 Å². The molecule has 1 aromatic rings. The maximum atomic E-state index is 12.9. The topological polar surface area (TPSA) is 66.5 Å². The molecule has 1 aliphatic rings. The van der Waals surface area contributed by atoms with Gasteiger partial charge in [0, 0.05) is 18.0 Å². The molecular formula is C19H31ClN2O3S2. The number of piperidine rings is 1. The lowest BCUT2D eigenvalue weighted by Gasteiger charge is -2.34. The number of benzene rings is 1. The maximum absolute atomic E-state index is 12.9. The van der Waals surface area contributed by atoms with Gasteiger partial charge in [0.2, 0.25) is 5.91 Å². The Morgan fingerprint density at radius 1 is 1.37 bits per heavy atom. The van der Waals surface area contributed by atoms with Crippen molar-refractivity contribution in [2.75, 3.05) is 32.4 Å². The van der Waals surface area contributed by atoms with Crippen LogP contribution in [0.3, 0.4) is 0 Å². The molecule has 2 rings (SSSR count). The van der Waals surface area contributed by atoms with E-state index in [9.17, 15) is 13.2 Å². The molecular weight excluding hydrogens is 404 g/mol. The number of nitrogens with zero attached hydrogens (tertiary/aromatic N) is 1. The van der Waals surface area contributed by atoms with Crippen molar-refractivity contribution in [1.82, 2.24) is 10.2 Å². The van der Waals surface area contributed by atoms with Crippen LogP contribution in [0.4, 0.5) is 0 Å². The Balaban J connectivity index is 0.00000364. The molecule has 1 amide bonds. The predicted molar refractivity (Wildman–Crippen MR) is 115 cm³/mol. The Labute approximate surface area is 174 Å². The molecule has 27 heavy (non-hydrogen) atoms. The average Bonchev–Trinajstić information content (AvgIpc) is 2.62. The minimum atomic E-state index is -3.31. The first-order valence-corrected chi connectivity index (χ1v) is 11.8. The lowest BCUT2D eigenvalue weighted by molar-refractivity contribution is -0.132. The Hall–Kier alpha value is -0.760. The number of thioether (sulfide) groups is 1. The van der Waals surface area contributed by atoms with Crippen molar-refractivity contribution in [3.05, 3.63) is 24.3 Å². The van der Waals surface area contributed by atoms with Gasteiger partial charge in [0.1, 0.15) is 0 Å². The van der Waals surface area contributed by atoms with E-state index >= 15 is 0 Å². The van der Waals surface area contributed by atoms with E-state index in [1.165, 1.54) is 11.8 Å². The molecule has 0 saturated carbocycles. The van der Waals surface area contributed by atoms with Gasteiger partial charge >= 0.3 is 0 Å². The number of rotatable bonds is 8. The summed E-state index contributed by atoms with van der Waals surface area (Å²) >= 11 is 1.35. The number of carbonyl (C=O) groups excluding carboxylic acids is 1. The Morgan fingerprint density at radius 2 is 2.07 bits per heavy atom. The molecule has 0 radical (unpaired) electrons. The predicted octanol–water partition coefficient (Wildman–Crippen LogP) is 3.23. The lowest BCUT2D eigenvalue weighted by atomic mass is 9.98. The van der Waals surface area contributed by atoms with E-state index in [1.54, 1.807) is 18.2 Å². The monoisotopic (exact) mass is 434 g/mol. The van der Waals surface area contributed by atoms with Crippen molar-refractivity contribution in [3.8, 4) is 0 Å². The molecule has 2 atom stereocenters. The van der Waals surface area contributed by atoms with Crippen LogP contribution < -0.4 is 5.32 Å². The second kappa shape index (κ2) is 11.3. The quantitative estimate of drug-likeness (QED) is 0.636. The molecule has 1 N–H and O–H groups in total. The van der Waals surface area contributed by atoms with Crippen molar-refractivity contribution in [2.24, 2.45) is 5.92 Å². The van der Waals surface area contributed by atoms with Gasteiger partial charge in [-0.25, -0.2) is 8.42 Å². The van der Waals surface area contributed by atoms with Gasteiger partial charge in [-0.1, -0.05) is 19.1 Å². The maximum Gasteiger partial charge on any atom is 0.235 e. The smallest absolute Gasteiger partial charge is 0.235 e. The summed E-state index contributed by atoms with van der Waals surface area (Å²) in [6.07, 6.45) is 2.75.